The molecule has 5 heteroatoms. The monoisotopic (exact) mass is 277 g/mol. The Morgan fingerprint density at radius 1 is 1.20 bits per heavy atom. The van der Waals surface area contributed by atoms with Crippen molar-refractivity contribution in [2.24, 2.45) is 0 Å². The van der Waals surface area contributed by atoms with E-state index in [1.807, 2.05) is 6.92 Å². The van der Waals surface area contributed by atoms with Crippen LogP contribution in [0.4, 0.5) is 0 Å². The highest BCUT2D eigenvalue weighted by atomic mass is 16.2. The Kier molecular flexibility index (Phi) is 6.70. The van der Waals surface area contributed by atoms with Gasteiger partial charge in [0.15, 0.2) is 0 Å². The van der Waals surface area contributed by atoms with E-state index >= 15 is 0 Å². The summed E-state index contributed by atoms with van der Waals surface area (Å²) in [7, 11) is 1.77. The minimum absolute atomic E-state index is 0.101. The Labute approximate surface area is 120 Å². The summed E-state index contributed by atoms with van der Waals surface area (Å²) in [6.45, 7) is 5.40. The predicted octanol–water partition coefficient (Wildman–Crippen LogP) is 2.09. The van der Waals surface area contributed by atoms with Crippen LogP contribution in [0.2, 0.25) is 0 Å². The summed E-state index contributed by atoms with van der Waals surface area (Å²) in [5.74, 6) is -0.290. The van der Waals surface area contributed by atoms with E-state index < -0.39 is 0 Å². The van der Waals surface area contributed by atoms with Crippen molar-refractivity contribution in [3.63, 3.8) is 0 Å². The van der Waals surface area contributed by atoms with E-state index in [0.29, 0.717) is 24.2 Å². The van der Waals surface area contributed by atoms with Crippen LogP contribution in [0.5, 0.6) is 0 Å². The molecule has 110 valence electrons. The molecule has 0 bridgehead atoms. The predicted molar refractivity (Wildman–Crippen MR) is 78.7 cm³/mol. The maximum absolute atomic E-state index is 12.2. The first-order valence-electron chi connectivity index (χ1n) is 7.08. The van der Waals surface area contributed by atoms with E-state index in [1.165, 1.54) is 12.4 Å². The van der Waals surface area contributed by atoms with Crippen molar-refractivity contribution in [1.29, 1.82) is 0 Å². The highest BCUT2D eigenvalue weighted by Gasteiger charge is 2.14. The number of nitrogens with one attached hydrogen (secondary N) is 1. The normalized spacial score (nSPS) is 10.2. The second kappa shape index (κ2) is 8.30. The topological polar surface area (TPSA) is 62.3 Å². The number of unbranched alkanes of at least 4 members (excludes halogenated alkanes) is 1. The molecule has 1 aromatic heterocycles. The number of hydrogen-bond acceptors (Lipinski definition) is 3. The fourth-order valence-electron chi connectivity index (χ4n) is 1.74. The van der Waals surface area contributed by atoms with Crippen molar-refractivity contribution in [1.82, 2.24) is 15.2 Å². The Morgan fingerprint density at radius 3 is 2.55 bits per heavy atom. The zero-order valence-corrected chi connectivity index (χ0v) is 12.5. The fraction of sp³-hybridized carbons (Fsp3) is 0.533. The average Bonchev–Trinajstić information content (AvgIpc) is 2.49. The quantitative estimate of drug-likeness (QED) is 0.830. The summed E-state index contributed by atoms with van der Waals surface area (Å²) in [5.41, 5.74) is 0.876. The summed E-state index contributed by atoms with van der Waals surface area (Å²) < 4.78 is 0. The molecule has 0 aromatic carbocycles. The molecule has 0 atom stereocenters. The highest BCUT2D eigenvalue weighted by molar-refractivity contribution is 5.99. The molecule has 0 fully saturated rings. The zero-order chi connectivity index (χ0) is 15.0. The van der Waals surface area contributed by atoms with Gasteiger partial charge >= 0.3 is 0 Å². The Balaban J connectivity index is 2.76. The second-order valence-corrected chi connectivity index (χ2v) is 4.80. The standard InChI is InChI=1S/C15H23N3O2/c1-4-6-8-18(3)15(20)13-9-12(10-16-11-13)14(19)17-7-5-2/h9-11H,4-8H2,1-3H3,(H,17,19). The highest BCUT2D eigenvalue weighted by Crippen LogP contribution is 2.07. The third-order valence-corrected chi connectivity index (χ3v) is 2.98. The van der Waals surface area contributed by atoms with Gasteiger partial charge in [-0.25, -0.2) is 0 Å². The van der Waals surface area contributed by atoms with Crippen LogP contribution in [0, 0.1) is 0 Å². The van der Waals surface area contributed by atoms with E-state index in [9.17, 15) is 9.59 Å². The first kappa shape index (κ1) is 16.1. The van der Waals surface area contributed by atoms with Crippen LogP contribution in [0.15, 0.2) is 18.5 Å². The molecule has 0 aliphatic heterocycles. The molecule has 1 rings (SSSR count). The first-order chi connectivity index (χ1) is 9.60. The molecule has 2 amide bonds. The number of nitrogens with zero attached hydrogens (tertiary/aromatic N) is 2. The van der Waals surface area contributed by atoms with Crippen molar-refractivity contribution in [3.05, 3.63) is 29.6 Å². The number of carbonyl (C=O) groups excluding carboxylic acids is 2. The maximum Gasteiger partial charge on any atom is 0.255 e. The third kappa shape index (κ3) is 4.64. The number of carbonyl (C=O) groups is 2. The van der Waals surface area contributed by atoms with Crippen molar-refractivity contribution in [3.8, 4) is 0 Å². The number of pyridine rings is 1. The molecule has 0 aliphatic rings. The Hall–Kier alpha value is -1.91. The molecule has 0 aliphatic carbocycles. The van der Waals surface area contributed by atoms with Crippen LogP contribution < -0.4 is 5.32 Å². The largest absolute Gasteiger partial charge is 0.352 e. The molecular weight excluding hydrogens is 254 g/mol. The summed E-state index contributed by atoms with van der Waals surface area (Å²) in [4.78, 5) is 29.7. The lowest BCUT2D eigenvalue weighted by Gasteiger charge is -2.16. The van der Waals surface area contributed by atoms with Crippen LogP contribution in [0.25, 0.3) is 0 Å². The van der Waals surface area contributed by atoms with Gasteiger partial charge in [0.1, 0.15) is 0 Å². The van der Waals surface area contributed by atoms with Crippen molar-refractivity contribution >= 4 is 11.8 Å². The third-order valence-electron chi connectivity index (χ3n) is 2.98. The van der Waals surface area contributed by atoms with Gasteiger partial charge in [-0.2, -0.15) is 0 Å². The van der Waals surface area contributed by atoms with Crippen LogP contribution in [0.1, 0.15) is 53.8 Å². The van der Waals surface area contributed by atoms with Crippen molar-refractivity contribution < 1.29 is 9.59 Å². The van der Waals surface area contributed by atoms with Gasteiger partial charge in [-0.1, -0.05) is 20.3 Å². The van der Waals surface area contributed by atoms with Crippen LogP contribution >= 0.6 is 0 Å². The smallest absolute Gasteiger partial charge is 0.255 e. The second-order valence-electron chi connectivity index (χ2n) is 4.80. The number of rotatable bonds is 7. The maximum atomic E-state index is 12.2. The molecule has 1 heterocycles. The molecule has 20 heavy (non-hydrogen) atoms. The van der Waals surface area contributed by atoms with Gasteiger partial charge in [-0.15, -0.1) is 0 Å². The number of hydrogen-bond donors (Lipinski definition) is 1. The molecular formula is C15H23N3O2. The van der Waals surface area contributed by atoms with Crippen LogP contribution in [-0.4, -0.2) is 41.8 Å². The Bertz CT molecular complexity index is 460. The van der Waals surface area contributed by atoms with E-state index in [4.69, 9.17) is 0 Å². The van der Waals surface area contributed by atoms with Gasteiger partial charge in [0.05, 0.1) is 11.1 Å². The van der Waals surface area contributed by atoms with Gasteiger partial charge < -0.3 is 10.2 Å². The molecule has 1 N–H and O–H groups in total. The van der Waals surface area contributed by atoms with Gasteiger partial charge in [0, 0.05) is 32.5 Å². The summed E-state index contributed by atoms with van der Waals surface area (Å²) >= 11 is 0. The van der Waals surface area contributed by atoms with Crippen LogP contribution in [0.3, 0.4) is 0 Å². The summed E-state index contributed by atoms with van der Waals surface area (Å²) in [6, 6.07) is 1.60. The van der Waals surface area contributed by atoms with Gasteiger partial charge in [0.2, 0.25) is 0 Å². The molecule has 0 unspecified atom stereocenters. The van der Waals surface area contributed by atoms with Gasteiger partial charge in [-0.3, -0.25) is 14.6 Å². The minimum Gasteiger partial charge on any atom is -0.352 e. The van der Waals surface area contributed by atoms with Gasteiger partial charge in [-0.05, 0) is 18.9 Å². The summed E-state index contributed by atoms with van der Waals surface area (Å²) in [6.07, 6.45) is 5.86. The molecule has 0 saturated carbocycles. The summed E-state index contributed by atoms with van der Waals surface area (Å²) in [5, 5.41) is 2.77. The number of amides is 2. The van der Waals surface area contributed by atoms with E-state index in [-0.39, 0.29) is 11.8 Å². The lowest BCUT2D eigenvalue weighted by Crippen LogP contribution is -2.29. The Morgan fingerprint density at radius 2 is 1.90 bits per heavy atom. The molecule has 5 nitrogen and oxygen atoms in total. The van der Waals surface area contributed by atoms with E-state index in [0.717, 1.165) is 19.3 Å². The van der Waals surface area contributed by atoms with E-state index in [1.54, 1.807) is 18.0 Å². The molecule has 0 radical (unpaired) electrons. The first-order valence-corrected chi connectivity index (χ1v) is 7.08. The fourth-order valence-corrected chi connectivity index (χ4v) is 1.74. The number of aromatic nitrogens is 1. The van der Waals surface area contributed by atoms with Crippen molar-refractivity contribution in [2.75, 3.05) is 20.1 Å². The molecule has 1 aromatic rings. The van der Waals surface area contributed by atoms with E-state index in [2.05, 4.69) is 17.2 Å². The zero-order valence-electron chi connectivity index (χ0n) is 12.5. The van der Waals surface area contributed by atoms with Crippen molar-refractivity contribution in [2.45, 2.75) is 33.1 Å². The SMILES string of the molecule is CCCCN(C)C(=O)c1cncc(C(=O)NCCC)c1. The lowest BCUT2D eigenvalue weighted by molar-refractivity contribution is 0.0793. The van der Waals surface area contributed by atoms with Crippen LogP contribution in [-0.2, 0) is 0 Å². The molecule has 0 spiro atoms. The average molecular weight is 277 g/mol. The molecule has 0 saturated heterocycles. The minimum atomic E-state index is -0.190. The van der Waals surface area contributed by atoms with Gasteiger partial charge in [0.25, 0.3) is 11.8 Å². The lowest BCUT2D eigenvalue weighted by atomic mass is 10.1.